The Balaban J connectivity index is 1.34. The lowest BCUT2D eigenvalue weighted by Gasteiger charge is -2.10. The number of para-hydroxylation sites is 2. The van der Waals surface area contributed by atoms with Crippen LogP contribution in [0.15, 0.2) is 139 Å². The normalized spacial score (nSPS) is 12.0. The molecule has 6 N–H and O–H groups in total. The van der Waals surface area contributed by atoms with E-state index in [4.69, 9.17) is 0 Å². The van der Waals surface area contributed by atoms with Gasteiger partial charge in [-0.25, -0.2) is 0 Å². The van der Waals surface area contributed by atoms with Gasteiger partial charge in [0, 0.05) is 23.5 Å². The molecule has 0 aromatic heterocycles. The Bertz CT molecular complexity index is 2180. The molecule has 5 rings (SSSR count). The summed E-state index contributed by atoms with van der Waals surface area (Å²) < 4.78 is 66.6. The summed E-state index contributed by atoms with van der Waals surface area (Å²) in [4.78, 5) is -0.730. The summed E-state index contributed by atoms with van der Waals surface area (Å²) in [6.07, 6.45) is 0. The molecule has 0 saturated carbocycles. The second kappa shape index (κ2) is 13.1. The highest BCUT2D eigenvalue weighted by molar-refractivity contribution is 7.86. The third-order valence-electron chi connectivity index (χ3n) is 6.23. The minimum atomic E-state index is -4.65. The fourth-order valence-electron chi connectivity index (χ4n) is 4.07. The summed E-state index contributed by atoms with van der Waals surface area (Å²) in [6.45, 7) is 0. The van der Waals surface area contributed by atoms with Crippen molar-refractivity contribution >= 4 is 65.7 Å². The predicted molar refractivity (Wildman–Crippen MR) is 170 cm³/mol. The Hall–Kier alpha value is -5.68. The van der Waals surface area contributed by atoms with E-state index in [1.165, 1.54) is 36.4 Å². The van der Waals surface area contributed by atoms with Crippen molar-refractivity contribution in [2.75, 3.05) is 10.6 Å². The predicted octanol–water partition coefficient (Wildman–Crippen LogP) is 7.91. The van der Waals surface area contributed by atoms with E-state index < -0.39 is 36.6 Å². The maximum atomic E-state index is 12.1. The molecule has 0 spiro atoms. The lowest BCUT2D eigenvalue weighted by Crippen LogP contribution is -2.03. The molecule has 0 amide bonds. The molecule has 46 heavy (non-hydrogen) atoms. The second-order valence-corrected chi connectivity index (χ2v) is 12.3. The maximum absolute atomic E-state index is 12.1. The van der Waals surface area contributed by atoms with Gasteiger partial charge in [-0.1, -0.05) is 30.3 Å². The van der Waals surface area contributed by atoms with Crippen molar-refractivity contribution in [2.24, 2.45) is 20.5 Å². The summed E-state index contributed by atoms with van der Waals surface area (Å²) in [7, 11) is -9.09. The SMILES string of the molecule is O=S(=O)(O)c1ccccc1Nc1ccc(N=Nc2cc(N=Nc3ccc(Nc4ccccc4)c(S(=O)(=O)O)c3)c(O)cc2O)cc1. The van der Waals surface area contributed by atoms with Crippen molar-refractivity contribution < 1.29 is 36.2 Å². The number of phenolic OH excluding ortho intramolecular Hbond substituents is 2. The Morgan fingerprint density at radius 3 is 1.59 bits per heavy atom. The molecule has 0 unspecified atom stereocenters. The molecule has 0 aliphatic carbocycles. The van der Waals surface area contributed by atoms with Gasteiger partial charge in [0.25, 0.3) is 20.2 Å². The van der Waals surface area contributed by atoms with Crippen LogP contribution in [-0.2, 0) is 20.2 Å². The summed E-state index contributed by atoms with van der Waals surface area (Å²) in [5.74, 6) is -0.858. The second-order valence-electron chi connectivity index (χ2n) is 9.52. The number of hydrogen-bond acceptors (Lipinski definition) is 12. The molecule has 16 heteroatoms. The highest BCUT2D eigenvalue weighted by atomic mass is 32.2. The molecule has 5 aromatic carbocycles. The minimum absolute atomic E-state index is 0.0369. The molecule has 0 aliphatic rings. The van der Waals surface area contributed by atoms with Crippen molar-refractivity contribution in [2.45, 2.75) is 9.79 Å². The molecule has 0 atom stereocenters. The molecular weight excluding hydrogens is 636 g/mol. The first kappa shape index (κ1) is 31.7. The van der Waals surface area contributed by atoms with Crippen LogP contribution in [0.1, 0.15) is 0 Å². The van der Waals surface area contributed by atoms with E-state index in [0.717, 1.165) is 12.1 Å². The van der Waals surface area contributed by atoms with Crippen LogP contribution >= 0.6 is 0 Å². The largest absolute Gasteiger partial charge is 0.505 e. The molecular formula is C30H24N6O8S2. The van der Waals surface area contributed by atoms with Crippen molar-refractivity contribution in [3.05, 3.63) is 109 Å². The van der Waals surface area contributed by atoms with E-state index >= 15 is 0 Å². The van der Waals surface area contributed by atoms with Gasteiger partial charge in [0.1, 0.15) is 32.7 Å². The lowest BCUT2D eigenvalue weighted by molar-refractivity contribution is 0.452. The van der Waals surface area contributed by atoms with Crippen molar-refractivity contribution in [1.82, 2.24) is 0 Å². The van der Waals surface area contributed by atoms with Crippen LogP contribution < -0.4 is 10.6 Å². The highest BCUT2D eigenvalue weighted by Crippen LogP contribution is 2.40. The van der Waals surface area contributed by atoms with E-state index in [9.17, 15) is 36.2 Å². The van der Waals surface area contributed by atoms with Gasteiger partial charge >= 0.3 is 0 Å². The zero-order valence-electron chi connectivity index (χ0n) is 23.4. The number of aromatic hydroxyl groups is 2. The quantitative estimate of drug-likeness (QED) is 0.0627. The number of azo groups is 2. The zero-order valence-corrected chi connectivity index (χ0v) is 25.1. The first-order valence-electron chi connectivity index (χ1n) is 13.1. The molecule has 14 nitrogen and oxygen atoms in total. The van der Waals surface area contributed by atoms with E-state index in [0.29, 0.717) is 17.1 Å². The van der Waals surface area contributed by atoms with Crippen LogP contribution in [0.2, 0.25) is 0 Å². The number of rotatable bonds is 10. The molecule has 5 aromatic rings. The third kappa shape index (κ3) is 7.88. The summed E-state index contributed by atoms with van der Waals surface area (Å²) in [5.41, 5.74) is 1.55. The molecule has 0 fully saturated rings. The topological polar surface area (TPSA) is 223 Å². The first-order chi connectivity index (χ1) is 21.9. The van der Waals surface area contributed by atoms with Crippen LogP contribution in [-0.4, -0.2) is 36.2 Å². The van der Waals surface area contributed by atoms with Gasteiger partial charge in [0.2, 0.25) is 0 Å². The number of benzene rings is 5. The monoisotopic (exact) mass is 660 g/mol. The van der Waals surface area contributed by atoms with Gasteiger partial charge in [-0.05, 0) is 66.7 Å². The van der Waals surface area contributed by atoms with E-state index in [2.05, 4.69) is 31.1 Å². The van der Waals surface area contributed by atoms with E-state index in [1.54, 1.807) is 60.7 Å². The maximum Gasteiger partial charge on any atom is 0.296 e. The van der Waals surface area contributed by atoms with Gasteiger partial charge in [-0.3, -0.25) is 9.11 Å². The van der Waals surface area contributed by atoms with Gasteiger partial charge < -0.3 is 20.8 Å². The zero-order chi connectivity index (χ0) is 32.9. The van der Waals surface area contributed by atoms with Crippen LogP contribution in [0.4, 0.5) is 45.5 Å². The number of nitrogens with zero attached hydrogens (tertiary/aromatic N) is 4. The van der Waals surface area contributed by atoms with Gasteiger partial charge in [0.15, 0.2) is 0 Å². The Morgan fingerprint density at radius 2 is 0.978 bits per heavy atom. The van der Waals surface area contributed by atoms with Crippen LogP contribution in [0.5, 0.6) is 11.5 Å². The van der Waals surface area contributed by atoms with Gasteiger partial charge in [-0.2, -0.15) is 27.1 Å². The van der Waals surface area contributed by atoms with Gasteiger partial charge in [0.05, 0.1) is 22.7 Å². The Labute approximate surface area is 262 Å². The molecule has 0 aliphatic heterocycles. The summed E-state index contributed by atoms with van der Waals surface area (Å²) >= 11 is 0. The van der Waals surface area contributed by atoms with Crippen LogP contribution in [0.25, 0.3) is 0 Å². The molecule has 0 saturated heterocycles. The standard InChI is InChI=1S/C30H24N6O8S2/c37-27-18-28(38)26(36-34-22-14-15-24(30(16-22)46(42,43)44)31-19-6-2-1-3-7-19)17-25(27)35-33-21-12-10-20(11-13-21)32-23-8-4-5-9-29(23)45(39,40)41/h1-18,31-32,37-38H,(H,39,40,41)(H,42,43,44). The molecule has 0 bridgehead atoms. The van der Waals surface area contributed by atoms with E-state index in [-0.39, 0.29) is 33.3 Å². The van der Waals surface area contributed by atoms with Crippen LogP contribution in [0, 0.1) is 0 Å². The smallest absolute Gasteiger partial charge is 0.296 e. The molecule has 234 valence electrons. The minimum Gasteiger partial charge on any atom is -0.505 e. The number of hydrogen-bond donors (Lipinski definition) is 6. The highest BCUT2D eigenvalue weighted by Gasteiger charge is 2.18. The fourth-order valence-corrected chi connectivity index (χ4v) is 5.38. The fraction of sp³-hybridized carbons (Fsp3) is 0. The van der Waals surface area contributed by atoms with E-state index in [1.807, 2.05) is 0 Å². The Kier molecular flexibility index (Phi) is 9.06. The molecule has 0 heterocycles. The lowest BCUT2D eigenvalue weighted by atomic mass is 10.2. The Morgan fingerprint density at radius 1 is 0.478 bits per heavy atom. The van der Waals surface area contributed by atoms with Crippen molar-refractivity contribution in [3.63, 3.8) is 0 Å². The average molecular weight is 661 g/mol. The van der Waals surface area contributed by atoms with Crippen molar-refractivity contribution in [3.8, 4) is 11.5 Å². The number of nitrogens with one attached hydrogen (secondary N) is 2. The summed E-state index contributed by atoms with van der Waals surface area (Å²) in [6, 6.07) is 27.0. The molecule has 0 radical (unpaired) electrons. The first-order valence-corrected chi connectivity index (χ1v) is 16.0. The van der Waals surface area contributed by atoms with Crippen LogP contribution in [0.3, 0.4) is 0 Å². The average Bonchev–Trinajstić information content (AvgIpc) is 3.01. The summed E-state index contributed by atoms with van der Waals surface area (Å²) in [5, 5.41) is 42.4. The number of anilines is 4. The number of phenols is 2. The third-order valence-corrected chi connectivity index (χ3v) is 8.03. The van der Waals surface area contributed by atoms with Crippen molar-refractivity contribution in [1.29, 1.82) is 0 Å². The van der Waals surface area contributed by atoms with Gasteiger partial charge in [-0.15, -0.1) is 10.2 Å².